The van der Waals surface area contributed by atoms with Gasteiger partial charge >= 0.3 is 5.97 Å². The van der Waals surface area contributed by atoms with Crippen LogP contribution in [0, 0.1) is 5.92 Å². The van der Waals surface area contributed by atoms with Crippen LogP contribution in [0.5, 0.6) is 0 Å². The van der Waals surface area contributed by atoms with Gasteiger partial charge in [-0.25, -0.2) is 0 Å². The maximum atomic E-state index is 10.9. The molecule has 2 nitrogen and oxygen atoms in total. The van der Waals surface area contributed by atoms with E-state index in [2.05, 4.69) is 24.3 Å². The molecule has 0 aromatic carbocycles. The van der Waals surface area contributed by atoms with E-state index in [1.54, 1.807) is 0 Å². The molecule has 0 radical (unpaired) electrons. The molecule has 0 spiro atoms. The van der Waals surface area contributed by atoms with Crippen LogP contribution in [0.1, 0.15) is 44.9 Å². The topological polar surface area (TPSA) is 37.3 Å². The number of carbonyl (C=O) groups is 1. The van der Waals surface area contributed by atoms with Gasteiger partial charge in [0.05, 0.1) is 5.92 Å². The van der Waals surface area contributed by atoms with Crippen molar-refractivity contribution in [1.82, 2.24) is 0 Å². The summed E-state index contributed by atoms with van der Waals surface area (Å²) in [6.45, 7) is 0. The second-order valence-corrected chi connectivity index (χ2v) is 4.06. The SMILES string of the molecule is O=C(O)C1CCC=CCCC=CCCC1. The molecule has 1 N–H and O–H groups in total. The molecule has 1 aliphatic rings. The Labute approximate surface area is 91.7 Å². The van der Waals surface area contributed by atoms with Gasteiger partial charge in [0.15, 0.2) is 0 Å². The monoisotopic (exact) mass is 208 g/mol. The molecule has 1 unspecified atom stereocenters. The third-order valence-corrected chi connectivity index (χ3v) is 2.79. The molecule has 15 heavy (non-hydrogen) atoms. The van der Waals surface area contributed by atoms with Gasteiger partial charge in [-0.1, -0.05) is 24.3 Å². The lowest BCUT2D eigenvalue weighted by atomic mass is 9.96. The Hall–Kier alpha value is -1.05. The van der Waals surface area contributed by atoms with Crippen molar-refractivity contribution in [3.05, 3.63) is 24.3 Å². The van der Waals surface area contributed by atoms with Crippen LogP contribution in [-0.2, 0) is 4.79 Å². The van der Waals surface area contributed by atoms with Crippen LogP contribution >= 0.6 is 0 Å². The number of aliphatic carboxylic acids is 1. The minimum atomic E-state index is -0.635. The maximum Gasteiger partial charge on any atom is 0.306 e. The highest BCUT2D eigenvalue weighted by Gasteiger charge is 2.15. The van der Waals surface area contributed by atoms with Crippen molar-refractivity contribution in [1.29, 1.82) is 0 Å². The van der Waals surface area contributed by atoms with E-state index in [-0.39, 0.29) is 5.92 Å². The fraction of sp³-hybridized carbons (Fsp3) is 0.615. The second-order valence-electron chi connectivity index (χ2n) is 4.06. The maximum absolute atomic E-state index is 10.9. The standard InChI is InChI=1S/C13H20O2/c14-13(15)12-10-8-6-4-2-1-3-5-7-9-11-12/h2,4-5,7,12H,1,3,6,8-11H2,(H,14,15). The van der Waals surface area contributed by atoms with Crippen molar-refractivity contribution in [3.8, 4) is 0 Å². The van der Waals surface area contributed by atoms with Gasteiger partial charge in [-0.2, -0.15) is 0 Å². The number of carboxylic acid groups (broad SMARTS) is 1. The van der Waals surface area contributed by atoms with Crippen molar-refractivity contribution in [2.24, 2.45) is 5.92 Å². The number of allylic oxidation sites excluding steroid dienone is 4. The normalized spacial score (nSPS) is 24.1. The van der Waals surface area contributed by atoms with E-state index < -0.39 is 5.97 Å². The fourth-order valence-corrected chi connectivity index (χ4v) is 1.83. The summed E-state index contributed by atoms with van der Waals surface area (Å²) < 4.78 is 0. The molecule has 0 saturated heterocycles. The summed E-state index contributed by atoms with van der Waals surface area (Å²) in [4.78, 5) is 10.9. The van der Waals surface area contributed by atoms with Crippen LogP contribution in [-0.4, -0.2) is 11.1 Å². The summed E-state index contributed by atoms with van der Waals surface area (Å²) in [5, 5.41) is 9.00. The average Bonchev–Trinajstić information content (AvgIpc) is 2.18. The van der Waals surface area contributed by atoms with E-state index in [4.69, 9.17) is 5.11 Å². The van der Waals surface area contributed by atoms with Gasteiger partial charge in [0, 0.05) is 0 Å². The molecule has 2 heteroatoms. The molecule has 0 heterocycles. The predicted octanol–water partition coefficient (Wildman–Crippen LogP) is 3.54. The summed E-state index contributed by atoms with van der Waals surface area (Å²) in [5.74, 6) is -0.785. The van der Waals surface area contributed by atoms with Crippen molar-refractivity contribution in [2.45, 2.75) is 44.9 Å². The third kappa shape index (κ3) is 5.40. The van der Waals surface area contributed by atoms with Gasteiger partial charge in [0.1, 0.15) is 0 Å². The molecule has 1 rings (SSSR count). The van der Waals surface area contributed by atoms with E-state index in [1.165, 1.54) is 0 Å². The lowest BCUT2D eigenvalue weighted by Gasteiger charge is -2.10. The van der Waals surface area contributed by atoms with Crippen LogP contribution in [0.15, 0.2) is 24.3 Å². The van der Waals surface area contributed by atoms with Gasteiger partial charge in [-0.15, -0.1) is 0 Å². The Balaban J connectivity index is 2.44. The highest BCUT2D eigenvalue weighted by molar-refractivity contribution is 5.69. The summed E-state index contributed by atoms with van der Waals surface area (Å²) in [6, 6.07) is 0. The Morgan fingerprint density at radius 2 is 1.53 bits per heavy atom. The summed E-state index contributed by atoms with van der Waals surface area (Å²) >= 11 is 0. The largest absolute Gasteiger partial charge is 0.481 e. The zero-order chi connectivity index (χ0) is 10.9. The Morgan fingerprint density at radius 1 is 0.933 bits per heavy atom. The first kappa shape index (κ1) is 12.0. The van der Waals surface area contributed by atoms with Gasteiger partial charge in [0.25, 0.3) is 0 Å². The molecule has 84 valence electrons. The zero-order valence-corrected chi connectivity index (χ0v) is 9.19. The fourth-order valence-electron chi connectivity index (χ4n) is 1.83. The zero-order valence-electron chi connectivity index (χ0n) is 9.19. The summed E-state index contributed by atoms with van der Waals surface area (Å²) in [7, 11) is 0. The van der Waals surface area contributed by atoms with Crippen molar-refractivity contribution in [3.63, 3.8) is 0 Å². The number of hydrogen-bond acceptors (Lipinski definition) is 1. The molecule has 0 amide bonds. The van der Waals surface area contributed by atoms with Gasteiger partial charge < -0.3 is 5.11 Å². The lowest BCUT2D eigenvalue weighted by Crippen LogP contribution is -2.13. The van der Waals surface area contributed by atoms with E-state index in [1.807, 2.05) is 0 Å². The molecule has 0 aromatic rings. The van der Waals surface area contributed by atoms with E-state index in [9.17, 15) is 4.79 Å². The molecule has 0 aromatic heterocycles. The van der Waals surface area contributed by atoms with Crippen molar-refractivity contribution in [2.75, 3.05) is 0 Å². The van der Waals surface area contributed by atoms with Gasteiger partial charge in [0.2, 0.25) is 0 Å². The van der Waals surface area contributed by atoms with Crippen LogP contribution in [0.4, 0.5) is 0 Å². The first-order chi connectivity index (χ1) is 7.30. The quantitative estimate of drug-likeness (QED) is 0.669. The third-order valence-electron chi connectivity index (χ3n) is 2.79. The van der Waals surface area contributed by atoms with Gasteiger partial charge in [-0.3, -0.25) is 4.79 Å². The Kier molecular flexibility index (Phi) is 5.83. The Morgan fingerprint density at radius 3 is 2.20 bits per heavy atom. The van der Waals surface area contributed by atoms with Crippen molar-refractivity contribution < 1.29 is 9.90 Å². The first-order valence-corrected chi connectivity index (χ1v) is 5.83. The molecule has 0 bridgehead atoms. The molecule has 0 saturated carbocycles. The molecule has 1 aliphatic carbocycles. The highest BCUT2D eigenvalue weighted by Crippen LogP contribution is 2.16. The van der Waals surface area contributed by atoms with Crippen LogP contribution in [0.25, 0.3) is 0 Å². The lowest BCUT2D eigenvalue weighted by molar-refractivity contribution is -0.142. The minimum Gasteiger partial charge on any atom is -0.481 e. The van der Waals surface area contributed by atoms with Crippen molar-refractivity contribution >= 4 is 5.97 Å². The summed E-state index contributed by atoms with van der Waals surface area (Å²) in [5.41, 5.74) is 0. The average molecular weight is 208 g/mol. The molecular formula is C13H20O2. The molecule has 0 aliphatic heterocycles. The summed E-state index contributed by atoms with van der Waals surface area (Å²) in [6.07, 6.45) is 15.4. The van der Waals surface area contributed by atoms with E-state index in [0.29, 0.717) is 0 Å². The van der Waals surface area contributed by atoms with Crippen LogP contribution in [0.2, 0.25) is 0 Å². The van der Waals surface area contributed by atoms with Crippen LogP contribution in [0.3, 0.4) is 0 Å². The first-order valence-electron chi connectivity index (χ1n) is 5.83. The smallest absolute Gasteiger partial charge is 0.306 e. The van der Waals surface area contributed by atoms with Crippen LogP contribution < -0.4 is 0 Å². The van der Waals surface area contributed by atoms with E-state index in [0.717, 1.165) is 44.9 Å². The minimum absolute atomic E-state index is 0.150. The number of rotatable bonds is 1. The number of hydrogen-bond donors (Lipinski definition) is 1. The highest BCUT2D eigenvalue weighted by atomic mass is 16.4. The molecule has 1 atom stereocenters. The second kappa shape index (κ2) is 7.27. The van der Waals surface area contributed by atoms with Gasteiger partial charge in [-0.05, 0) is 44.9 Å². The predicted molar refractivity (Wildman–Crippen MR) is 61.7 cm³/mol. The number of carboxylic acids is 1. The molecule has 0 fully saturated rings. The Bertz CT molecular complexity index is 241. The molecular weight excluding hydrogens is 188 g/mol. The van der Waals surface area contributed by atoms with E-state index >= 15 is 0 Å².